The van der Waals surface area contributed by atoms with E-state index in [2.05, 4.69) is 0 Å². The van der Waals surface area contributed by atoms with Crippen molar-refractivity contribution in [2.45, 2.75) is 37.0 Å². The van der Waals surface area contributed by atoms with Gasteiger partial charge in [-0.2, -0.15) is 13.2 Å². The first kappa shape index (κ1) is 12.1. The van der Waals surface area contributed by atoms with Crippen molar-refractivity contribution in [2.24, 2.45) is 5.73 Å². The van der Waals surface area contributed by atoms with E-state index in [1.165, 1.54) is 4.90 Å². The van der Waals surface area contributed by atoms with Crippen LogP contribution in [0.5, 0.6) is 0 Å². The summed E-state index contributed by atoms with van der Waals surface area (Å²) in [4.78, 5) is 1.47. The Bertz CT molecular complexity index is 247. The zero-order chi connectivity index (χ0) is 11.8. The van der Waals surface area contributed by atoms with E-state index in [4.69, 9.17) is 10.5 Å². The lowest BCUT2D eigenvalue weighted by atomic mass is 9.99. The average molecular weight is 238 g/mol. The summed E-state index contributed by atoms with van der Waals surface area (Å²) in [6, 6.07) is 0.0719. The summed E-state index contributed by atoms with van der Waals surface area (Å²) in [6.07, 6.45) is -1.79. The maximum Gasteiger partial charge on any atom is 0.401 e. The normalized spacial score (nSPS) is 31.3. The molecule has 0 bridgehead atoms. The highest BCUT2D eigenvalue weighted by Gasteiger charge is 2.42. The van der Waals surface area contributed by atoms with E-state index < -0.39 is 18.3 Å². The third-order valence-electron chi connectivity index (χ3n) is 3.10. The quantitative estimate of drug-likeness (QED) is 0.798. The Balaban J connectivity index is 1.92. The van der Waals surface area contributed by atoms with Crippen LogP contribution in [-0.2, 0) is 4.74 Å². The second-order valence-electron chi connectivity index (χ2n) is 4.92. The summed E-state index contributed by atoms with van der Waals surface area (Å²) in [5.74, 6) is 0. The maximum atomic E-state index is 12.4. The Morgan fingerprint density at radius 2 is 2.06 bits per heavy atom. The third-order valence-corrected chi connectivity index (χ3v) is 3.10. The van der Waals surface area contributed by atoms with Crippen LogP contribution in [0.15, 0.2) is 0 Å². The van der Waals surface area contributed by atoms with E-state index in [-0.39, 0.29) is 12.6 Å². The molecule has 0 radical (unpaired) electrons. The van der Waals surface area contributed by atoms with Crippen molar-refractivity contribution in [3.8, 4) is 0 Å². The van der Waals surface area contributed by atoms with Gasteiger partial charge in [-0.15, -0.1) is 0 Å². The molecular formula is C10H17F3N2O. The monoisotopic (exact) mass is 238 g/mol. The van der Waals surface area contributed by atoms with E-state index in [1.807, 2.05) is 0 Å². The maximum absolute atomic E-state index is 12.4. The summed E-state index contributed by atoms with van der Waals surface area (Å²) in [5, 5.41) is 0. The SMILES string of the molecule is NC1(CN(CC(F)(F)F)C2CC2)CCOC1. The Labute approximate surface area is 92.7 Å². The fourth-order valence-corrected chi connectivity index (χ4v) is 2.14. The van der Waals surface area contributed by atoms with Crippen molar-refractivity contribution >= 4 is 0 Å². The van der Waals surface area contributed by atoms with Crippen molar-refractivity contribution < 1.29 is 17.9 Å². The summed E-state index contributed by atoms with van der Waals surface area (Å²) in [6.45, 7) is 0.364. The Morgan fingerprint density at radius 3 is 2.50 bits per heavy atom. The molecule has 1 atom stereocenters. The van der Waals surface area contributed by atoms with E-state index >= 15 is 0 Å². The molecule has 6 heteroatoms. The number of hydrogen-bond acceptors (Lipinski definition) is 3. The molecule has 0 amide bonds. The zero-order valence-electron chi connectivity index (χ0n) is 9.09. The summed E-state index contributed by atoms with van der Waals surface area (Å²) in [7, 11) is 0. The van der Waals surface area contributed by atoms with Crippen molar-refractivity contribution in [3.63, 3.8) is 0 Å². The van der Waals surface area contributed by atoms with Gasteiger partial charge in [-0.25, -0.2) is 0 Å². The van der Waals surface area contributed by atoms with Gasteiger partial charge in [0.25, 0.3) is 0 Å². The molecule has 2 rings (SSSR count). The van der Waals surface area contributed by atoms with Crippen LogP contribution in [-0.4, -0.2) is 49.0 Å². The first-order chi connectivity index (χ1) is 7.38. The molecule has 3 nitrogen and oxygen atoms in total. The molecule has 2 fully saturated rings. The molecule has 0 aromatic carbocycles. The Morgan fingerprint density at radius 1 is 1.38 bits per heavy atom. The second-order valence-corrected chi connectivity index (χ2v) is 4.92. The average Bonchev–Trinajstić information content (AvgIpc) is 2.88. The summed E-state index contributed by atoms with van der Waals surface area (Å²) in [5.41, 5.74) is 5.42. The molecule has 1 saturated heterocycles. The van der Waals surface area contributed by atoms with Gasteiger partial charge in [-0.3, -0.25) is 4.90 Å². The number of alkyl halides is 3. The predicted molar refractivity (Wildman–Crippen MR) is 53.0 cm³/mol. The van der Waals surface area contributed by atoms with Crippen LogP contribution in [0.25, 0.3) is 0 Å². The van der Waals surface area contributed by atoms with Crippen LogP contribution in [0.1, 0.15) is 19.3 Å². The second kappa shape index (κ2) is 4.16. The van der Waals surface area contributed by atoms with Gasteiger partial charge in [0.2, 0.25) is 0 Å². The largest absolute Gasteiger partial charge is 0.401 e. The summed E-state index contributed by atoms with van der Waals surface area (Å²) >= 11 is 0. The molecule has 1 heterocycles. The third kappa shape index (κ3) is 3.33. The lowest BCUT2D eigenvalue weighted by molar-refractivity contribution is -0.148. The van der Waals surface area contributed by atoms with E-state index in [1.54, 1.807) is 0 Å². The minimum absolute atomic E-state index is 0.0719. The first-order valence-electron chi connectivity index (χ1n) is 5.55. The standard InChI is InChI=1S/C10H17F3N2O/c11-10(12,13)6-15(8-1-2-8)5-9(14)3-4-16-7-9/h8H,1-7,14H2. The molecule has 1 saturated carbocycles. The van der Waals surface area contributed by atoms with Crippen LogP contribution in [0.3, 0.4) is 0 Å². The molecule has 0 aromatic rings. The van der Waals surface area contributed by atoms with Crippen LogP contribution in [0.2, 0.25) is 0 Å². The van der Waals surface area contributed by atoms with Gasteiger partial charge in [-0.05, 0) is 19.3 Å². The van der Waals surface area contributed by atoms with Gasteiger partial charge < -0.3 is 10.5 Å². The van der Waals surface area contributed by atoms with Crippen molar-refractivity contribution in [3.05, 3.63) is 0 Å². The predicted octanol–water partition coefficient (Wildman–Crippen LogP) is 1.13. The molecule has 0 spiro atoms. The fourth-order valence-electron chi connectivity index (χ4n) is 2.14. The number of ether oxygens (including phenoxy) is 1. The van der Waals surface area contributed by atoms with Gasteiger partial charge >= 0.3 is 6.18 Å². The van der Waals surface area contributed by atoms with Crippen molar-refractivity contribution in [2.75, 3.05) is 26.3 Å². The highest BCUT2D eigenvalue weighted by molar-refractivity contribution is 4.96. The number of halogens is 3. The van der Waals surface area contributed by atoms with Crippen molar-refractivity contribution in [1.82, 2.24) is 4.90 Å². The topological polar surface area (TPSA) is 38.5 Å². The number of nitrogens with two attached hydrogens (primary N) is 1. The molecule has 1 aliphatic carbocycles. The molecule has 1 aliphatic heterocycles. The van der Waals surface area contributed by atoms with Gasteiger partial charge in [0.1, 0.15) is 0 Å². The Kier molecular flexibility index (Phi) is 3.16. The molecular weight excluding hydrogens is 221 g/mol. The van der Waals surface area contributed by atoms with E-state index in [0.717, 1.165) is 12.8 Å². The van der Waals surface area contributed by atoms with Crippen LogP contribution in [0.4, 0.5) is 13.2 Å². The molecule has 0 aromatic heterocycles. The molecule has 2 aliphatic rings. The number of rotatable bonds is 4. The minimum atomic E-state index is -4.14. The molecule has 94 valence electrons. The smallest absolute Gasteiger partial charge is 0.379 e. The minimum Gasteiger partial charge on any atom is -0.379 e. The van der Waals surface area contributed by atoms with Gasteiger partial charge in [0.05, 0.1) is 18.7 Å². The number of hydrogen-bond donors (Lipinski definition) is 1. The van der Waals surface area contributed by atoms with E-state index in [0.29, 0.717) is 19.6 Å². The highest BCUT2D eigenvalue weighted by Crippen LogP contribution is 2.32. The van der Waals surface area contributed by atoms with Gasteiger partial charge in [-0.1, -0.05) is 0 Å². The highest BCUT2D eigenvalue weighted by atomic mass is 19.4. The fraction of sp³-hybridized carbons (Fsp3) is 1.00. The van der Waals surface area contributed by atoms with Crippen LogP contribution < -0.4 is 5.73 Å². The lowest BCUT2D eigenvalue weighted by Crippen LogP contribution is -2.53. The Hall–Kier alpha value is -0.330. The number of nitrogens with zero attached hydrogens (tertiary/aromatic N) is 1. The van der Waals surface area contributed by atoms with Gasteiger partial charge in [0, 0.05) is 19.2 Å². The zero-order valence-corrected chi connectivity index (χ0v) is 9.09. The van der Waals surface area contributed by atoms with Crippen LogP contribution >= 0.6 is 0 Å². The lowest BCUT2D eigenvalue weighted by Gasteiger charge is -2.31. The van der Waals surface area contributed by atoms with Gasteiger partial charge in [0.15, 0.2) is 0 Å². The van der Waals surface area contributed by atoms with Crippen molar-refractivity contribution in [1.29, 1.82) is 0 Å². The van der Waals surface area contributed by atoms with E-state index in [9.17, 15) is 13.2 Å². The summed E-state index contributed by atoms with van der Waals surface area (Å²) < 4.78 is 42.3. The molecule has 2 N–H and O–H groups in total. The van der Waals surface area contributed by atoms with Crippen LogP contribution in [0, 0.1) is 0 Å². The molecule has 16 heavy (non-hydrogen) atoms. The first-order valence-corrected chi connectivity index (χ1v) is 5.55. The molecule has 1 unspecified atom stereocenters.